The zero-order valence-electron chi connectivity index (χ0n) is 10.7. The van der Waals surface area contributed by atoms with E-state index in [-0.39, 0.29) is 18.1 Å². The van der Waals surface area contributed by atoms with Crippen LogP contribution in [0.1, 0.15) is 11.9 Å². The number of carbonyl (C=O) groups excluding carboxylic acids is 1. The lowest BCUT2D eigenvalue weighted by Crippen LogP contribution is -2.07. The van der Waals surface area contributed by atoms with Gasteiger partial charge in [0.25, 0.3) is 5.69 Å². The molecule has 1 heterocycles. The van der Waals surface area contributed by atoms with E-state index in [9.17, 15) is 14.9 Å². The summed E-state index contributed by atoms with van der Waals surface area (Å²) in [4.78, 5) is 25.9. The van der Waals surface area contributed by atoms with Gasteiger partial charge in [-0.25, -0.2) is 4.98 Å². The van der Waals surface area contributed by atoms with Crippen molar-refractivity contribution in [3.63, 3.8) is 0 Å². The summed E-state index contributed by atoms with van der Waals surface area (Å²) in [6, 6.07) is 6.24. The fourth-order valence-corrected chi connectivity index (χ4v) is 2.43. The molecule has 0 fully saturated rings. The number of hydrogen-bond acceptors (Lipinski definition) is 6. The van der Waals surface area contributed by atoms with Crippen LogP contribution in [0.5, 0.6) is 0 Å². The molecule has 0 bridgehead atoms. The number of benzene rings is 1. The number of nitro groups is 1. The molecule has 0 aliphatic rings. The number of rotatable bonds is 5. The first-order valence-electron chi connectivity index (χ1n) is 5.95. The summed E-state index contributed by atoms with van der Waals surface area (Å²) in [7, 11) is 0. The van der Waals surface area contributed by atoms with Crippen molar-refractivity contribution in [2.75, 3.05) is 6.61 Å². The summed E-state index contributed by atoms with van der Waals surface area (Å²) in [5, 5.41) is 13.1. The summed E-state index contributed by atoms with van der Waals surface area (Å²) in [6.45, 7) is 2.08. The molecule has 7 heteroatoms. The van der Waals surface area contributed by atoms with Gasteiger partial charge in [-0.1, -0.05) is 12.1 Å². The van der Waals surface area contributed by atoms with Gasteiger partial charge in [-0.05, 0) is 6.92 Å². The Morgan fingerprint density at radius 3 is 3.00 bits per heavy atom. The maximum Gasteiger partial charge on any atom is 0.312 e. The summed E-state index contributed by atoms with van der Waals surface area (Å²) in [5.74, 6) is -0.326. The summed E-state index contributed by atoms with van der Waals surface area (Å²) in [5.41, 5.74) is 1.30. The van der Waals surface area contributed by atoms with Crippen LogP contribution in [-0.4, -0.2) is 22.5 Å². The molecule has 0 spiro atoms. The number of non-ortho nitro benzene ring substituents is 1. The molecule has 0 saturated carbocycles. The van der Waals surface area contributed by atoms with E-state index >= 15 is 0 Å². The maximum absolute atomic E-state index is 11.4. The highest BCUT2D eigenvalue weighted by Crippen LogP contribution is 2.25. The molecule has 0 aliphatic carbocycles. The van der Waals surface area contributed by atoms with Gasteiger partial charge in [0.1, 0.15) is 5.01 Å². The lowest BCUT2D eigenvalue weighted by Gasteiger charge is -1.98. The van der Waals surface area contributed by atoms with E-state index in [0.29, 0.717) is 22.9 Å². The molecule has 2 aromatic rings. The largest absolute Gasteiger partial charge is 0.466 e. The van der Waals surface area contributed by atoms with Crippen LogP contribution in [0, 0.1) is 10.1 Å². The van der Waals surface area contributed by atoms with Gasteiger partial charge >= 0.3 is 5.97 Å². The van der Waals surface area contributed by atoms with Gasteiger partial charge < -0.3 is 4.74 Å². The van der Waals surface area contributed by atoms with Gasteiger partial charge in [-0.2, -0.15) is 0 Å². The Hall–Kier alpha value is -2.28. The van der Waals surface area contributed by atoms with E-state index in [0.717, 1.165) is 0 Å². The number of ether oxygens (including phenoxy) is 1. The van der Waals surface area contributed by atoms with E-state index < -0.39 is 4.92 Å². The minimum atomic E-state index is -0.449. The number of nitro benzene ring substituents is 1. The zero-order valence-corrected chi connectivity index (χ0v) is 11.6. The highest BCUT2D eigenvalue weighted by molar-refractivity contribution is 7.10. The maximum atomic E-state index is 11.4. The molecule has 0 saturated heterocycles. The van der Waals surface area contributed by atoms with E-state index in [1.807, 2.05) is 0 Å². The second-order valence-corrected chi connectivity index (χ2v) is 4.86. The molecule has 0 unspecified atom stereocenters. The summed E-state index contributed by atoms with van der Waals surface area (Å²) < 4.78 is 4.85. The molecule has 0 N–H and O–H groups in total. The molecule has 6 nitrogen and oxygen atoms in total. The van der Waals surface area contributed by atoms with Crippen LogP contribution in [0.3, 0.4) is 0 Å². The number of esters is 1. The van der Waals surface area contributed by atoms with Crippen LogP contribution in [0.4, 0.5) is 5.69 Å². The molecule has 20 heavy (non-hydrogen) atoms. The molecule has 0 atom stereocenters. The highest BCUT2D eigenvalue weighted by Gasteiger charge is 2.12. The van der Waals surface area contributed by atoms with Crippen LogP contribution >= 0.6 is 11.3 Å². The standard InChI is InChI=1S/C13H12N2O4S/c1-2-19-13(16)7-12-14-11(8-20-12)9-4-3-5-10(6-9)15(17)18/h3-6,8H,2,7H2,1H3. The monoisotopic (exact) mass is 292 g/mol. The Morgan fingerprint density at radius 1 is 1.50 bits per heavy atom. The molecular formula is C13H12N2O4S. The van der Waals surface area contributed by atoms with Crippen molar-refractivity contribution in [2.24, 2.45) is 0 Å². The van der Waals surface area contributed by atoms with Crippen LogP contribution in [0.15, 0.2) is 29.6 Å². The second-order valence-electron chi connectivity index (χ2n) is 3.92. The van der Waals surface area contributed by atoms with Gasteiger partial charge in [0.05, 0.1) is 23.6 Å². The van der Waals surface area contributed by atoms with E-state index in [1.54, 1.807) is 24.4 Å². The minimum absolute atomic E-state index is 0.0162. The van der Waals surface area contributed by atoms with Gasteiger partial charge in [0, 0.05) is 23.1 Å². The van der Waals surface area contributed by atoms with Gasteiger partial charge in [0.2, 0.25) is 0 Å². The first-order chi connectivity index (χ1) is 9.60. The highest BCUT2D eigenvalue weighted by atomic mass is 32.1. The van der Waals surface area contributed by atoms with Crippen LogP contribution < -0.4 is 0 Å². The summed E-state index contributed by atoms with van der Waals surface area (Å²) in [6.07, 6.45) is 0.118. The van der Waals surface area contributed by atoms with Crippen molar-refractivity contribution in [2.45, 2.75) is 13.3 Å². The lowest BCUT2D eigenvalue weighted by molar-refractivity contribution is -0.384. The van der Waals surface area contributed by atoms with E-state index in [2.05, 4.69) is 4.98 Å². The Morgan fingerprint density at radius 2 is 2.30 bits per heavy atom. The van der Waals surface area contributed by atoms with E-state index in [1.165, 1.54) is 23.5 Å². The number of thiazole rings is 1. The third-order valence-corrected chi connectivity index (χ3v) is 3.35. The van der Waals surface area contributed by atoms with Gasteiger partial charge in [-0.3, -0.25) is 14.9 Å². The quantitative estimate of drug-likeness (QED) is 0.481. The average molecular weight is 292 g/mol. The third-order valence-electron chi connectivity index (χ3n) is 2.51. The van der Waals surface area contributed by atoms with Crippen LogP contribution in [0.25, 0.3) is 11.3 Å². The molecule has 1 aromatic heterocycles. The number of carbonyl (C=O) groups is 1. The molecule has 104 valence electrons. The Balaban J connectivity index is 2.18. The molecule has 0 radical (unpaired) electrons. The molecular weight excluding hydrogens is 280 g/mol. The van der Waals surface area contributed by atoms with Crippen LogP contribution in [0.2, 0.25) is 0 Å². The first-order valence-corrected chi connectivity index (χ1v) is 6.83. The van der Waals surface area contributed by atoms with Crippen molar-refractivity contribution < 1.29 is 14.5 Å². The fraction of sp³-hybridized carbons (Fsp3) is 0.231. The van der Waals surface area contributed by atoms with Crippen molar-refractivity contribution >= 4 is 23.0 Å². The van der Waals surface area contributed by atoms with E-state index in [4.69, 9.17) is 4.74 Å². The number of aromatic nitrogens is 1. The van der Waals surface area contributed by atoms with Gasteiger partial charge in [0.15, 0.2) is 0 Å². The van der Waals surface area contributed by atoms with Crippen molar-refractivity contribution in [3.05, 3.63) is 44.8 Å². The molecule has 1 aromatic carbocycles. The predicted molar refractivity (Wildman–Crippen MR) is 74.5 cm³/mol. The summed E-state index contributed by atoms with van der Waals surface area (Å²) >= 11 is 1.33. The topological polar surface area (TPSA) is 82.3 Å². The second kappa shape index (κ2) is 6.25. The predicted octanol–water partition coefficient (Wildman–Crippen LogP) is 2.82. The minimum Gasteiger partial charge on any atom is -0.466 e. The number of nitrogens with zero attached hydrogens (tertiary/aromatic N) is 2. The smallest absolute Gasteiger partial charge is 0.312 e. The average Bonchev–Trinajstić information content (AvgIpc) is 2.87. The van der Waals surface area contributed by atoms with Crippen molar-refractivity contribution in [3.8, 4) is 11.3 Å². The zero-order chi connectivity index (χ0) is 14.5. The van der Waals surface area contributed by atoms with Crippen molar-refractivity contribution in [1.82, 2.24) is 4.98 Å². The number of hydrogen-bond donors (Lipinski definition) is 0. The fourth-order valence-electron chi connectivity index (χ4n) is 1.64. The molecule has 0 amide bonds. The normalized spacial score (nSPS) is 10.2. The Kier molecular flexibility index (Phi) is 4.41. The first kappa shape index (κ1) is 14.1. The molecule has 0 aliphatic heterocycles. The van der Waals surface area contributed by atoms with Crippen molar-refractivity contribution in [1.29, 1.82) is 0 Å². The Labute approximate surface area is 119 Å². The Bertz CT molecular complexity index is 639. The lowest BCUT2D eigenvalue weighted by atomic mass is 10.1. The SMILES string of the molecule is CCOC(=O)Cc1nc(-c2cccc([N+](=O)[O-])c2)cs1. The molecule has 2 rings (SSSR count). The third kappa shape index (κ3) is 3.39. The van der Waals surface area contributed by atoms with Crippen LogP contribution in [-0.2, 0) is 16.0 Å². The van der Waals surface area contributed by atoms with Gasteiger partial charge in [-0.15, -0.1) is 11.3 Å².